The van der Waals surface area contributed by atoms with Gasteiger partial charge in [-0.15, -0.1) is 0 Å². The summed E-state index contributed by atoms with van der Waals surface area (Å²) in [6, 6.07) is 6.15. The number of aliphatic imine (C=N–C) groups is 1. The summed E-state index contributed by atoms with van der Waals surface area (Å²) in [6.07, 6.45) is 2.20. The summed E-state index contributed by atoms with van der Waals surface area (Å²) in [5, 5.41) is 7.55. The number of hydrogen-bond donors (Lipinski definition) is 2. The minimum atomic E-state index is 0.264. The molecule has 2 aliphatic heterocycles. The molecule has 0 spiro atoms. The number of rotatable bonds is 8. The molecule has 162 valence electrons. The molecule has 1 atom stereocenters. The SMILES string of the molecule is CN=C(NCCCOC1CCOC1)NCc1c(Cl)cccc1N1CCN(C)CC1. The number of hydrogen-bond acceptors (Lipinski definition) is 5. The van der Waals surface area contributed by atoms with Crippen LogP contribution in [0.3, 0.4) is 0 Å². The summed E-state index contributed by atoms with van der Waals surface area (Å²) in [4.78, 5) is 9.11. The summed E-state index contributed by atoms with van der Waals surface area (Å²) >= 11 is 6.55. The van der Waals surface area contributed by atoms with Gasteiger partial charge in [0.15, 0.2) is 5.96 Å². The highest BCUT2D eigenvalue weighted by atomic mass is 35.5. The van der Waals surface area contributed by atoms with E-state index in [0.717, 1.165) is 81.9 Å². The van der Waals surface area contributed by atoms with Crippen molar-refractivity contribution in [3.8, 4) is 0 Å². The van der Waals surface area contributed by atoms with Crippen LogP contribution in [0.5, 0.6) is 0 Å². The minimum Gasteiger partial charge on any atom is -0.379 e. The second kappa shape index (κ2) is 11.6. The van der Waals surface area contributed by atoms with Crippen LogP contribution in [0.2, 0.25) is 5.02 Å². The molecule has 8 heteroatoms. The number of benzene rings is 1. The van der Waals surface area contributed by atoms with Crippen molar-refractivity contribution in [3.05, 3.63) is 28.8 Å². The molecule has 1 aromatic carbocycles. The van der Waals surface area contributed by atoms with Crippen molar-refractivity contribution < 1.29 is 9.47 Å². The third kappa shape index (κ3) is 6.74. The van der Waals surface area contributed by atoms with Crippen LogP contribution in [0.25, 0.3) is 0 Å². The van der Waals surface area contributed by atoms with Gasteiger partial charge in [0, 0.05) is 75.8 Å². The molecule has 7 nitrogen and oxygen atoms in total. The number of nitrogens with one attached hydrogen (secondary N) is 2. The van der Waals surface area contributed by atoms with Crippen molar-refractivity contribution in [2.75, 3.05) is 71.5 Å². The molecule has 0 aliphatic carbocycles. The van der Waals surface area contributed by atoms with Crippen molar-refractivity contribution in [2.24, 2.45) is 4.99 Å². The zero-order chi connectivity index (χ0) is 20.5. The van der Waals surface area contributed by atoms with Gasteiger partial charge in [-0.25, -0.2) is 0 Å². The van der Waals surface area contributed by atoms with E-state index in [9.17, 15) is 0 Å². The Hall–Kier alpha value is -1.54. The fourth-order valence-electron chi connectivity index (χ4n) is 3.63. The third-order valence-electron chi connectivity index (χ3n) is 5.45. The summed E-state index contributed by atoms with van der Waals surface area (Å²) < 4.78 is 11.1. The first-order valence-corrected chi connectivity index (χ1v) is 10.9. The Bertz CT molecular complexity index is 658. The molecule has 0 bridgehead atoms. The molecule has 2 aliphatic rings. The molecule has 2 N–H and O–H groups in total. The Kier molecular flexibility index (Phi) is 8.86. The molecule has 1 aromatic rings. The van der Waals surface area contributed by atoms with E-state index in [2.05, 4.69) is 38.5 Å². The maximum absolute atomic E-state index is 6.55. The number of anilines is 1. The average molecular weight is 424 g/mol. The number of piperazine rings is 1. The summed E-state index contributed by atoms with van der Waals surface area (Å²) in [6.45, 7) is 7.89. The topological polar surface area (TPSA) is 61.4 Å². The zero-order valence-corrected chi connectivity index (χ0v) is 18.4. The predicted octanol–water partition coefficient (Wildman–Crippen LogP) is 1.95. The van der Waals surface area contributed by atoms with Crippen LogP contribution in [0, 0.1) is 0 Å². The summed E-state index contributed by atoms with van der Waals surface area (Å²) in [7, 11) is 3.95. The lowest BCUT2D eigenvalue weighted by atomic mass is 10.1. The molecule has 0 saturated carbocycles. The quantitative estimate of drug-likeness (QED) is 0.378. The lowest BCUT2D eigenvalue weighted by molar-refractivity contribution is 0.0420. The number of guanidine groups is 1. The monoisotopic (exact) mass is 423 g/mol. The fraction of sp³-hybridized carbons (Fsp3) is 0.667. The van der Waals surface area contributed by atoms with Gasteiger partial charge in [-0.2, -0.15) is 0 Å². The Labute approximate surface area is 179 Å². The molecule has 2 heterocycles. The van der Waals surface area contributed by atoms with Gasteiger partial charge in [0.25, 0.3) is 0 Å². The normalized spacial score (nSPS) is 20.9. The van der Waals surface area contributed by atoms with Crippen molar-refractivity contribution in [1.29, 1.82) is 0 Å². The fourth-order valence-corrected chi connectivity index (χ4v) is 3.87. The standard InChI is InChI=1S/C21H34ClN5O2/c1-23-21(24-8-4-13-29-17-7-14-28-16-17)25-15-18-19(22)5-3-6-20(18)27-11-9-26(2)10-12-27/h3,5-6,17H,4,7-16H2,1-2H3,(H2,23,24,25). The third-order valence-corrected chi connectivity index (χ3v) is 5.80. The van der Waals surface area contributed by atoms with Crippen LogP contribution in [0.4, 0.5) is 5.69 Å². The van der Waals surface area contributed by atoms with Crippen LogP contribution in [-0.2, 0) is 16.0 Å². The van der Waals surface area contributed by atoms with Gasteiger partial charge in [0.1, 0.15) is 0 Å². The van der Waals surface area contributed by atoms with Crippen LogP contribution in [-0.4, -0.2) is 83.6 Å². The van der Waals surface area contributed by atoms with Gasteiger partial charge in [-0.05, 0) is 32.0 Å². The van der Waals surface area contributed by atoms with Gasteiger partial charge in [-0.1, -0.05) is 17.7 Å². The Balaban J connectivity index is 1.46. The molecular weight excluding hydrogens is 390 g/mol. The van der Waals surface area contributed by atoms with Crippen molar-refractivity contribution >= 4 is 23.2 Å². The average Bonchev–Trinajstić information content (AvgIpc) is 3.25. The summed E-state index contributed by atoms with van der Waals surface area (Å²) in [5.74, 6) is 0.776. The highest BCUT2D eigenvalue weighted by molar-refractivity contribution is 6.31. The number of halogens is 1. The van der Waals surface area contributed by atoms with Crippen molar-refractivity contribution in [2.45, 2.75) is 25.5 Å². The van der Waals surface area contributed by atoms with E-state index >= 15 is 0 Å². The van der Waals surface area contributed by atoms with E-state index in [1.54, 1.807) is 7.05 Å². The van der Waals surface area contributed by atoms with Gasteiger partial charge in [0.05, 0.1) is 12.7 Å². The second-order valence-corrected chi connectivity index (χ2v) is 8.00. The van der Waals surface area contributed by atoms with Gasteiger partial charge >= 0.3 is 0 Å². The predicted molar refractivity (Wildman–Crippen MR) is 119 cm³/mol. The molecule has 0 radical (unpaired) electrons. The van der Waals surface area contributed by atoms with Crippen LogP contribution in [0.15, 0.2) is 23.2 Å². The molecular formula is C21H34ClN5O2. The maximum atomic E-state index is 6.55. The summed E-state index contributed by atoms with van der Waals surface area (Å²) in [5.41, 5.74) is 2.33. The van der Waals surface area contributed by atoms with Gasteiger partial charge < -0.3 is 29.9 Å². The smallest absolute Gasteiger partial charge is 0.191 e. The zero-order valence-electron chi connectivity index (χ0n) is 17.6. The molecule has 29 heavy (non-hydrogen) atoms. The molecule has 0 amide bonds. The molecule has 1 unspecified atom stereocenters. The van der Waals surface area contributed by atoms with Crippen LogP contribution in [0.1, 0.15) is 18.4 Å². The van der Waals surface area contributed by atoms with Crippen molar-refractivity contribution in [1.82, 2.24) is 15.5 Å². The Morgan fingerprint density at radius 2 is 2.10 bits per heavy atom. The second-order valence-electron chi connectivity index (χ2n) is 7.59. The lowest BCUT2D eigenvalue weighted by Crippen LogP contribution is -2.45. The van der Waals surface area contributed by atoms with E-state index in [-0.39, 0.29) is 6.10 Å². The molecule has 3 rings (SSSR count). The number of likely N-dealkylation sites (N-methyl/N-ethyl adjacent to an activating group) is 1. The first kappa shape index (κ1) is 22.2. The highest BCUT2D eigenvalue weighted by Gasteiger charge is 2.19. The van der Waals surface area contributed by atoms with E-state index in [4.69, 9.17) is 21.1 Å². The molecule has 2 fully saturated rings. The largest absolute Gasteiger partial charge is 0.379 e. The Morgan fingerprint density at radius 3 is 2.83 bits per heavy atom. The van der Waals surface area contributed by atoms with Gasteiger partial charge in [0.2, 0.25) is 0 Å². The number of ether oxygens (including phenoxy) is 2. The van der Waals surface area contributed by atoms with Crippen LogP contribution < -0.4 is 15.5 Å². The first-order valence-electron chi connectivity index (χ1n) is 10.5. The van der Waals surface area contributed by atoms with Crippen LogP contribution >= 0.6 is 11.6 Å². The van der Waals surface area contributed by atoms with E-state index in [1.165, 1.54) is 5.69 Å². The van der Waals surface area contributed by atoms with Crippen molar-refractivity contribution in [3.63, 3.8) is 0 Å². The van der Waals surface area contributed by atoms with Gasteiger partial charge in [-0.3, -0.25) is 4.99 Å². The lowest BCUT2D eigenvalue weighted by Gasteiger charge is -2.35. The minimum absolute atomic E-state index is 0.264. The van der Waals surface area contributed by atoms with E-state index in [0.29, 0.717) is 6.54 Å². The highest BCUT2D eigenvalue weighted by Crippen LogP contribution is 2.28. The van der Waals surface area contributed by atoms with E-state index < -0.39 is 0 Å². The first-order chi connectivity index (χ1) is 14.2. The van der Waals surface area contributed by atoms with E-state index in [1.807, 2.05) is 12.1 Å². The molecule has 0 aromatic heterocycles. The Morgan fingerprint density at radius 1 is 1.28 bits per heavy atom. The molecule has 2 saturated heterocycles. The maximum Gasteiger partial charge on any atom is 0.191 e. The number of nitrogens with zero attached hydrogens (tertiary/aromatic N) is 3.